The summed E-state index contributed by atoms with van der Waals surface area (Å²) in [6.07, 6.45) is 5.07. The summed E-state index contributed by atoms with van der Waals surface area (Å²) < 4.78 is 0. The Kier molecular flexibility index (Phi) is 4.23. The zero-order chi connectivity index (χ0) is 13.7. The Balaban J connectivity index is 2.08. The van der Waals surface area contributed by atoms with Crippen LogP contribution in [0.15, 0.2) is 42.9 Å². The summed E-state index contributed by atoms with van der Waals surface area (Å²) in [5, 5.41) is 2.88. The van der Waals surface area contributed by atoms with E-state index in [-0.39, 0.29) is 11.8 Å². The number of amides is 1. The average molecular weight is 255 g/mol. The Morgan fingerprint density at radius 2 is 1.95 bits per heavy atom. The zero-order valence-corrected chi connectivity index (χ0v) is 11.1. The second kappa shape index (κ2) is 6.09. The van der Waals surface area contributed by atoms with Crippen LogP contribution < -0.4 is 5.32 Å². The number of carbonyl (C=O) groups excluding carboxylic acids is 1. The van der Waals surface area contributed by atoms with Gasteiger partial charge in [-0.1, -0.05) is 19.9 Å². The summed E-state index contributed by atoms with van der Waals surface area (Å²) in [5.74, 6) is 0.136. The first kappa shape index (κ1) is 13.2. The lowest BCUT2D eigenvalue weighted by atomic mass is 10.0. The predicted octanol–water partition coefficient (Wildman–Crippen LogP) is 2.53. The second-order valence-electron chi connectivity index (χ2n) is 4.63. The van der Waals surface area contributed by atoms with Crippen LogP contribution >= 0.6 is 0 Å². The van der Waals surface area contributed by atoms with Crippen LogP contribution in [0.1, 0.15) is 41.4 Å². The molecule has 4 nitrogen and oxygen atoms in total. The lowest BCUT2D eigenvalue weighted by Crippen LogP contribution is -2.25. The highest BCUT2D eigenvalue weighted by Crippen LogP contribution is 2.17. The molecule has 19 heavy (non-hydrogen) atoms. The Hall–Kier alpha value is -2.23. The first-order chi connectivity index (χ1) is 9.18. The third-order valence-corrected chi connectivity index (χ3v) is 2.88. The van der Waals surface area contributed by atoms with E-state index < -0.39 is 0 Å². The molecule has 1 amide bonds. The van der Waals surface area contributed by atoms with E-state index in [1.165, 1.54) is 0 Å². The topological polar surface area (TPSA) is 54.9 Å². The molecule has 0 saturated heterocycles. The van der Waals surface area contributed by atoms with Crippen LogP contribution in [0, 0.1) is 0 Å². The van der Waals surface area contributed by atoms with Gasteiger partial charge in [0.2, 0.25) is 0 Å². The molecule has 4 heteroatoms. The third-order valence-electron chi connectivity index (χ3n) is 2.88. The quantitative estimate of drug-likeness (QED) is 0.913. The molecule has 2 rings (SSSR count). The van der Waals surface area contributed by atoms with Gasteiger partial charge in [-0.15, -0.1) is 0 Å². The van der Waals surface area contributed by atoms with E-state index in [0.717, 1.165) is 11.1 Å². The molecule has 0 fully saturated rings. The lowest BCUT2D eigenvalue weighted by Gasteiger charge is -2.11. The largest absolute Gasteiger partial charge is 0.347 e. The number of nitrogens with one attached hydrogen (secondary N) is 1. The SMILES string of the molecule is CC(C)c1cccnc1C(=O)NCc1ccncc1. The molecular formula is C15H17N3O. The predicted molar refractivity (Wildman–Crippen MR) is 73.7 cm³/mol. The second-order valence-corrected chi connectivity index (χ2v) is 4.63. The van der Waals surface area contributed by atoms with Crippen molar-refractivity contribution in [2.45, 2.75) is 26.3 Å². The molecule has 1 N–H and O–H groups in total. The number of nitrogens with zero attached hydrogens (tertiary/aromatic N) is 2. The summed E-state index contributed by atoms with van der Waals surface area (Å²) >= 11 is 0. The molecule has 0 bridgehead atoms. The molecule has 0 aliphatic carbocycles. The Labute approximate surface area is 112 Å². The molecule has 2 heterocycles. The van der Waals surface area contributed by atoms with E-state index in [2.05, 4.69) is 29.1 Å². The monoisotopic (exact) mass is 255 g/mol. The van der Waals surface area contributed by atoms with Gasteiger partial charge in [-0.25, -0.2) is 0 Å². The van der Waals surface area contributed by atoms with Crippen molar-refractivity contribution >= 4 is 5.91 Å². The van der Waals surface area contributed by atoms with Crippen molar-refractivity contribution in [3.63, 3.8) is 0 Å². The van der Waals surface area contributed by atoms with Crippen molar-refractivity contribution in [2.24, 2.45) is 0 Å². The number of aromatic nitrogens is 2. The molecule has 2 aromatic rings. The lowest BCUT2D eigenvalue weighted by molar-refractivity contribution is 0.0944. The van der Waals surface area contributed by atoms with E-state index in [0.29, 0.717) is 12.2 Å². The number of hydrogen-bond donors (Lipinski definition) is 1. The third kappa shape index (κ3) is 3.37. The summed E-state index contributed by atoms with van der Waals surface area (Å²) in [5.41, 5.74) is 2.49. The standard InChI is InChI=1S/C15H17N3O/c1-11(2)13-4-3-7-17-14(13)15(19)18-10-12-5-8-16-9-6-12/h3-9,11H,10H2,1-2H3,(H,18,19). The van der Waals surface area contributed by atoms with Crippen LogP contribution in [0.5, 0.6) is 0 Å². The van der Waals surface area contributed by atoms with Crippen molar-refractivity contribution < 1.29 is 4.79 Å². The fourth-order valence-electron chi connectivity index (χ4n) is 1.84. The zero-order valence-electron chi connectivity index (χ0n) is 11.1. The number of pyridine rings is 2. The van der Waals surface area contributed by atoms with Gasteiger partial charge in [0.1, 0.15) is 5.69 Å². The fraction of sp³-hybridized carbons (Fsp3) is 0.267. The van der Waals surface area contributed by atoms with Gasteiger partial charge < -0.3 is 5.32 Å². The maximum absolute atomic E-state index is 12.2. The van der Waals surface area contributed by atoms with Gasteiger partial charge in [0.05, 0.1) is 0 Å². The smallest absolute Gasteiger partial charge is 0.270 e. The normalized spacial score (nSPS) is 10.5. The summed E-state index contributed by atoms with van der Waals surface area (Å²) in [6.45, 7) is 4.59. The Bertz CT molecular complexity index is 552. The van der Waals surface area contributed by atoms with E-state index in [4.69, 9.17) is 0 Å². The molecule has 0 aliphatic rings. The molecular weight excluding hydrogens is 238 g/mol. The van der Waals surface area contributed by atoms with Gasteiger partial charge in [0.15, 0.2) is 0 Å². The van der Waals surface area contributed by atoms with Gasteiger partial charge in [0, 0.05) is 25.1 Å². The minimum atomic E-state index is -0.138. The molecule has 0 spiro atoms. The number of rotatable bonds is 4. The molecule has 98 valence electrons. The summed E-state index contributed by atoms with van der Waals surface area (Å²) in [4.78, 5) is 20.3. The first-order valence-corrected chi connectivity index (χ1v) is 6.30. The van der Waals surface area contributed by atoms with E-state index >= 15 is 0 Å². The van der Waals surface area contributed by atoms with Crippen molar-refractivity contribution in [3.05, 3.63) is 59.7 Å². The van der Waals surface area contributed by atoms with Crippen LogP contribution in [-0.4, -0.2) is 15.9 Å². The van der Waals surface area contributed by atoms with Gasteiger partial charge in [-0.3, -0.25) is 14.8 Å². The van der Waals surface area contributed by atoms with Gasteiger partial charge in [-0.05, 0) is 35.2 Å². The molecule has 0 atom stereocenters. The highest BCUT2D eigenvalue weighted by Gasteiger charge is 2.14. The molecule has 2 aromatic heterocycles. The van der Waals surface area contributed by atoms with Crippen LogP contribution in [0.4, 0.5) is 0 Å². The van der Waals surface area contributed by atoms with Crippen LogP contribution in [0.25, 0.3) is 0 Å². The van der Waals surface area contributed by atoms with Crippen molar-refractivity contribution in [1.29, 1.82) is 0 Å². The number of carbonyl (C=O) groups is 1. The van der Waals surface area contributed by atoms with Crippen LogP contribution in [0.3, 0.4) is 0 Å². The summed E-state index contributed by atoms with van der Waals surface area (Å²) in [7, 11) is 0. The highest BCUT2D eigenvalue weighted by molar-refractivity contribution is 5.93. The van der Waals surface area contributed by atoms with Crippen molar-refractivity contribution in [3.8, 4) is 0 Å². The molecule has 0 saturated carbocycles. The minimum Gasteiger partial charge on any atom is -0.347 e. The maximum Gasteiger partial charge on any atom is 0.270 e. The fourth-order valence-corrected chi connectivity index (χ4v) is 1.84. The molecule has 0 radical (unpaired) electrons. The Morgan fingerprint density at radius 1 is 1.21 bits per heavy atom. The minimum absolute atomic E-state index is 0.138. The van der Waals surface area contributed by atoms with E-state index in [1.807, 2.05) is 24.3 Å². The maximum atomic E-state index is 12.2. The van der Waals surface area contributed by atoms with Crippen molar-refractivity contribution in [2.75, 3.05) is 0 Å². The van der Waals surface area contributed by atoms with Gasteiger partial charge in [0.25, 0.3) is 5.91 Å². The molecule has 0 unspecified atom stereocenters. The first-order valence-electron chi connectivity index (χ1n) is 6.30. The van der Waals surface area contributed by atoms with Gasteiger partial charge in [-0.2, -0.15) is 0 Å². The average Bonchev–Trinajstić information content (AvgIpc) is 2.46. The highest BCUT2D eigenvalue weighted by atomic mass is 16.1. The summed E-state index contributed by atoms with van der Waals surface area (Å²) in [6, 6.07) is 7.55. The Morgan fingerprint density at radius 3 is 2.63 bits per heavy atom. The van der Waals surface area contributed by atoms with Gasteiger partial charge >= 0.3 is 0 Å². The van der Waals surface area contributed by atoms with Crippen LogP contribution in [0.2, 0.25) is 0 Å². The van der Waals surface area contributed by atoms with E-state index in [1.54, 1.807) is 18.6 Å². The number of hydrogen-bond acceptors (Lipinski definition) is 3. The van der Waals surface area contributed by atoms with Crippen molar-refractivity contribution in [1.82, 2.24) is 15.3 Å². The van der Waals surface area contributed by atoms with E-state index in [9.17, 15) is 4.79 Å². The molecule has 0 aliphatic heterocycles. The van der Waals surface area contributed by atoms with Crippen LogP contribution in [-0.2, 0) is 6.54 Å². The molecule has 0 aromatic carbocycles.